The summed E-state index contributed by atoms with van der Waals surface area (Å²) in [4.78, 5) is 0. The Labute approximate surface area is 94.4 Å². The van der Waals surface area contributed by atoms with Crippen molar-refractivity contribution in [3.63, 3.8) is 0 Å². The van der Waals surface area contributed by atoms with E-state index in [9.17, 15) is 0 Å². The summed E-state index contributed by atoms with van der Waals surface area (Å²) in [6.45, 7) is 5.82. The predicted molar refractivity (Wildman–Crippen MR) is 70.9 cm³/mol. The third kappa shape index (κ3) is 12.7. The van der Waals surface area contributed by atoms with Gasteiger partial charge < -0.3 is 0 Å². The van der Waals surface area contributed by atoms with Crippen molar-refractivity contribution < 1.29 is 0 Å². The molecule has 0 aliphatic rings. The highest BCUT2D eigenvalue weighted by molar-refractivity contribution is 5.17. The van der Waals surface area contributed by atoms with E-state index in [1.807, 2.05) is 30.4 Å². The molecule has 0 N–H and O–H groups in total. The van der Waals surface area contributed by atoms with Gasteiger partial charge in [0.2, 0.25) is 0 Å². The summed E-state index contributed by atoms with van der Waals surface area (Å²) in [7, 11) is 0. The molecule has 0 bridgehead atoms. The van der Waals surface area contributed by atoms with E-state index in [1.165, 1.54) is 25.7 Å². The standard InChI is InChI=1S/C15H22/c1-3-5-7-9-11-13-15-14-12-10-8-6-4-2/h3,5,7,9,11-15H,1,4,6,8,10H2,2H3/b7-5+,11-9+,14-12+,15-13+. The Balaban J connectivity index is 3.48. The molecule has 0 aromatic heterocycles. The molecule has 0 atom stereocenters. The molecule has 0 aromatic carbocycles. The van der Waals surface area contributed by atoms with Crippen LogP contribution in [-0.2, 0) is 0 Å². The van der Waals surface area contributed by atoms with E-state index in [-0.39, 0.29) is 0 Å². The maximum Gasteiger partial charge on any atom is -0.0348 e. The number of hydrogen-bond donors (Lipinski definition) is 0. The van der Waals surface area contributed by atoms with Gasteiger partial charge in [-0.15, -0.1) is 0 Å². The van der Waals surface area contributed by atoms with E-state index in [0.29, 0.717) is 0 Å². The van der Waals surface area contributed by atoms with E-state index >= 15 is 0 Å². The first-order valence-corrected chi connectivity index (χ1v) is 5.69. The molecule has 0 rings (SSSR count). The summed E-state index contributed by atoms with van der Waals surface area (Å²) < 4.78 is 0. The first-order chi connectivity index (χ1) is 7.41. The van der Waals surface area contributed by atoms with Gasteiger partial charge in [0.1, 0.15) is 0 Å². The van der Waals surface area contributed by atoms with Gasteiger partial charge in [-0.2, -0.15) is 0 Å². The van der Waals surface area contributed by atoms with Crippen LogP contribution in [0.4, 0.5) is 0 Å². The Kier molecular flexibility index (Phi) is 11.6. The molecule has 0 saturated heterocycles. The molecule has 0 fully saturated rings. The van der Waals surface area contributed by atoms with Gasteiger partial charge >= 0.3 is 0 Å². The average molecular weight is 202 g/mol. The van der Waals surface area contributed by atoms with E-state index < -0.39 is 0 Å². The summed E-state index contributed by atoms with van der Waals surface area (Å²) in [5.41, 5.74) is 0. The largest absolute Gasteiger partial charge is 0.0991 e. The van der Waals surface area contributed by atoms with Gasteiger partial charge in [-0.05, 0) is 12.8 Å². The summed E-state index contributed by atoms with van der Waals surface area (Å²) in [6, 6.07) is 0. The Morgan fingerprint density at radius 3 is 2.00 bits per heavy atom. The van der Waals surface area contributed by atoms with Crippen LogP contribution in [0, 0.1) is 0 Å². The maximum absolute atomic E-state index is 3.59. The van der Waals surface area contributed by atoms with Crippen molar-refractivity contribution in [1.82, 2.24) is 0 Å². The van der Waals surface area contributed by atoms with Gasteiger partial charge in [0.25, 0.3) is 0 Å². The number of rotatable bonds is 8. The van der Waals surface area contributed by atoms with Crippen molar-refractivity contribution in [3.8, 4) is 0 Å². The van der Waals surface area contributed by atoms with E-state index in [2.05, 4.69) is 31.7 Å². The summed E-state index contributed by atoms with van der Waals surface area (Å²) in [6.07, 6.45) is 23.2. The SMILES string of the molecule is C=C/C=C/C=C/C=C/C=C/CCCCC. The van der Waals surface area contributed by atoms with Crippen LogP contribution in [0.5, 0.6) is 0 Å². The van der Waals surface area contributed by atoms with Crippen LogP contribution in [0.15, 0.2) is 61.3 Å². The van der Waals surface area contributed by atoms with Crippen molar-refractivity contribution in [1.29, 1.82) is 0 Å². The van der Waals surface area contributed by atoms with Gasteiger partial charge in [0.05, 0.1) is 0 Å². The monoisotopic (exact) mass is 202 g/mol. The molecule has 0 aromatic rings. The van der Waals surface area contributed by atoms with Crippen LogP contribution >= 0.6 is 0 Å². The molecule has 0 heteroatoms. The molecule has 0 amide bonds. The Hall–Kier alpha value is -1.30. The fraction of sp³-hybridized carbons (Fsp3) is 0.333. The highest BCUT2D eigenvalue weighted by Crippen LogP contribution is 1.99. The Morgan fingerprint density at radius 1 is 0.800 bits per heavy atom. The fourth-order valence-corrected chi connectivity index (χ4v) is 1.09. The molecule has 0 saturated carbocycles. The third-order valence-corrected chi connectivity index (χ3v) is 1.91. The van der Waals surface area contributed by atoms with Crippen LogP contribution in [0.25, 0.3) is 0 Å². The average Bonchev–Trinajstić information content (AvgIpc) is 2.26. The minimum absolute atomic E-state index is 1.19. The Morgan fingerprint density at radius 2 is 1.40 bits per heavy atom. The highest BCUT2D eigenvalue weighted by Gasteiger charge is 1.79. The minimum Gasteiger partial charge on any atom is -0.0991 e. The molecule has 0 heterocycles. The zero-order valence-electron chi connectivity index (χ0n) is 9.73. The number of allylic oxidation sites excluding steroid dienone is 9. The molecule has 15 heavy (non-hydrogen) atoms. The first-order valence-electron chi connectivity index (χ1n) is 5.69. The summed E-state index contributed by atoms with van der Waals surface area (Å²) >= 11 is 0. The molecule has 0 radical (unpaired) electrons. The van der Waals surface area contributed by atoms with Gasteiger partial charge in [-0.25, -0.2) is 0 Å². The van der Waals surface area contributed by atoms with Crippen LogP contribution in [0.3, 0.4) is 0 Å². The van der Waals surface area contributed by atoms with Gasteiger partial charge in [-0.1, -0.05) is 81.0 Å². The topological polar surface area (TPSA) is 0 Å². The third-order valence-electron chi connectivity index (χ3n) is 1.91. The van der Waals surface area contributed by atoms with Gasteiger partial charge in [0, 0.05) is 0 Å². The van der Waals surface area contributed by atoms with Crippen molar-refractivity contribution in [2.45, 2.75) is 32.6 Å². The quantitative estimate of drug-likeness (QED) is 0.385. The number of unbranched alkanes of at least 4 members (excludes halogenated alkanes) is 3. The minimum atomic E-state index is 1.19. The molecule has 0 nitrogen and oxygen atoms in total. The van der Waals surface area contributed by atoms with Gasteiger partial charge in [0.15, 0.2) is 0 Å². The van der Waals surface area contributed by atoms with Crippen molar-refractivity contribution >= 4 is 0 Å². The lowest BCUT2D eigenvalue weighted by molar-refractivity contribution is 0.729. The van der Waals surface area contributed by atoms with E-state index in [4.69, 9.17) is 0 Å². The van der Waals surface area contributed by atoms with Crippen LogP contribution in [0.2, 0.25) is 0 Å². The summed E-state index contributed by atoms with van der Waals surface area (Å²) in [5.74, 6) is 0. The fourth-order valence-electron chi connectivity index (χ4n) is 1.09. The lowest BCUT2D eigenvalue weighted by atomic mass is 10.2. The maximum atomic E-state index is 3.59. The molecule has 82 valence electrons. The van der Waals surface area contributed by atoms with Crippen molar-refractivity contribution in [3.05, 3.63) is 61.3 Å². The lowest BCUT2D eigenvalue weighted by Crippen LogP contribution is -1.69. The molecule has 0 spiro atoms. The normalized spacial score (nSPS) is 12.6. The molecular weight excluding hydrogens is 180 g/mol. The summed E-state index contributed by atoms with van der Waals surface area (Å²) in [5, 5.41) is 0. The highest BCUT2D eigenvalue weighted by atomic mass is 13.9. The number of hydrogen-bond acceptors (Lipinski definition) is 0. The van der Waals surface area contributed by atoms with Crippen molar-refractivity contribution in [2.75, 3.05) is 0 Å². The van der Waals surface area contributed by atoms with Crippen molar-refractivity contribution in [2.24, 2.45) is 0 Å². The predicted octanol–water partition coefficient (Wildman–Crippen LogP) is 4.98. The molecule has 0 aliphatic carbocycles. The van der Waals surface area contributed by atoms with E-state index in [0.717, 1.165) is 0 Å². The van der Waals surface area contributed by atoms with Crippen LogP contribution < -0.4 is 0 Å². The zero-order chi connectivity index (χ0) is 11.2. The van der Waals surface area contributed by atoms with Gasteiger partial charge in [-0.3, -0.25) is 0 Å². The zero-order valence-corrected chi connectivity index (χ0v) is 9.73. The Bertz CT molecular complexity index is 239. The molecular formula is C15H22. The second kappa shape index (κ2) is 12.7. The van der Waals surface area contributed by atoms with Crippen LogP contribution in [-0.4, -0.2) is 0 Å². The van der Waals surface area contributed by atoms with E-state index in [1.54, 1.807) is 6.08 Å². The smallest absolute Gasteiger partial charge is 0.0348 e. The second-order valence-electron chi connectivity index (χ2n) is 3.31. The molecule has 0 unspecified atom stereocenters. The lowest BCUT2D eigenvalue weighted by Gasteiger charge is -1.89. The first kappa shape index (κ1) is 13.7. The molecule has 0 aliphatic heterocycles. The second-order valence-corrected chi connectivity index (χ2v) is 3.31. The van der Waals surface area contributed by atoms with Crippen LogP contribution in [0.1, 0.15) is 32.6 Å².